The lowest BCUT2D eigenvalue weighted by molar-refractivity contribution is -0.0158. The van der Waals surface area contributed by atoms with Crippen molar-refractivity contribution >= 4 is 34.9 Å². The Bertz CT molecular complexity index is 1260. The fourth-order valence-corrected chi connectivity index (χ4v) is 6.16. The molecule has 2 atom stereocenters. The van der Waals surface area contributed by atoms with Crippen molar-refractivity contribution in [2.45, 2.75) is 69.2 Å². The number of hydrogen-bond acceptors (Lipinski definition) is 4. The number of aromatic nitrogens is 1. The molecule has 1 aliphatic carbocycles. The van der Waals surface area contributed by atoms with Crippen LogP contribution in [-0.4, -0.2) is 34.3 Å². The first-order valence-electron chi connectivity index (χ1n) is 12.4. The van der Waals surface area contributed by atoms with E-state index in [-0.39, 0.29) is 29.9 Å². The first-order valence-corrected chi connectivity index (χ1v) is 13.1. The second-order valence-electron chi connectivity index (χ2n) is 9.85. The molecule has 6 nitrogen and oxygen atoms in total. The Hall–Kier alpha value is -2.61. The van der Waals surface area contributed by atoms with Crippen LogP contribution in [0.3, 0.4) is 0 Å². The highest BCUT2D eigenvalue weighted by molar-refractivity contribution is 6.39. The fraction of sp³-hybridized carbons (Fsp3) is 0.407. The Morgan fingerprint density at radius 2 is 1.75 bits per heavy atom. The molecule has 0 radical (unpaired) electrons. The van der Waals surface area contributed by atoms with Crippen molar-refractivity contribution in [1.82, 2.24) is 10.1 Å². The van der Waals surface area contributed by atoms with E-state index in [2.05, 4.69) is 10.5 Å². The number of halogens is 3. The average molecular weight is 530 g/mol. The van der Waals surface area contributed by atoms with E-state index in [1.165, 1.54) is 6.07 Å². The molecule has 1 saturated carbocycles. The molecule has 2 saturated heterocycles. The number of carbonyl (C=O) groups excluding carboxylic acids is 1. The summed E-state index contributed by atoms with van der Waals surface area (Å²) in [5, 5.41) is 8.12. The maximum atomic E-state index is 14.0. The third kappa shape index (κ3) is 4.49. The number of urea groups is 1. The maximum Gasteiger partial charge on any atom is 0.322 e. The molecule has 0 spiro atoms. The number of carbonyl (C=O) groups is 1. The summed E-state index contributed by atoms with van der Waals surface area (Å²) in [6, 6.07) is 11.5. The first kappa shape index (κ1) is 23.8. The zero-order valence-electron chi connectivity index (χ0n) is 19.6. The number of para-hydroxylation sites is 1. The van der Waals surface area contributed by atoms with Crippen molar-refractivity contribution in [3.05, 3.63) is 69.7 Å². The number of amides is 2. The summed E-state index contributed by atoms with van der Waals surface area (Å²) in [7, 11) is 0. The highest BCUT2D eigenvalue weighted by Crippen LogP contribution is 2.46. The van der Waals surface area contributed by atoms with Crippen molar-refractivity contribution in [3.8, 4) is 11.3 Å². The van der Waals surface area contributed by atoms with Gasteiger partial charge >= 0.3 is 6.03 Å². The van der Waals surface area contributed by atoms with Crippen LogP contribution in [0, 0.1) is 5.82 Å². The highest BCUT2D eigenvalue weighted by Gasteiger charge is 2.44. The van der Waals surface area contributed by atoms with Gasteiger partial charge in [0.1, 0.15) is 17.3 Å². The van der Waals surface area contributed by atoms with Crippen LogP contribution in [0.25, 0.3) is 11.3 Å². The molecule has 2 bridgehead atoms. The van der Waals surface area contributed by atoms with Crippen molar-refractivity contribution in [2.75, 3.05) is 5.32 Å². The molecule has 9 heteroatoms. The zero-order chi connectivity index (χ0) is 24.8. The van der Waals surface area contributed by atoms with Gasteiger partial charge in [0, 0.05) is 29.1 Å². The second kappa shape index (κ2) is 9.69. The number of piperidine rings is 1. The lowest BCUT2D eigenvalue weighted by Gasteiger charge is -2.38. The minimum Gasteiger partial charge on any atom is -0.373 e. The van der Waals surface area contributed by atoms with Crippen molar-refractivity contribution in [2.24, 2.45) is 0 Å². The number of fused-ring (bicyclic) bond motifs is 2. The van der Waals surface area contributed by atoms with Crippen molar-refractivity contribution < 1.29 is 18.4 Å². The minimum atomic E-state index is -0.439. The smallest absolute Gasteiger partial charge is 0.322 e. The summed E-state index contributed by atoms with van der Waals surface area (Å²) < 4.78 is 26.2. The average Bonchev–Trinajstić information content (AvgIpc) is 3.56. The Kier molecular flexibility index (Phi) is 6.40. The Labute approximate surface area is 218 Å². The van der Waals surface area contributed by atoms with Crippen molar-refractivity contribution in [3.63, 3.8) is 0 Å². The van der Waals surface area contributed by atoms with E-state index in [1.54, 1.807) is 36.4 Å². The van der Waals surface area contributed by atoms with Gasteiger partial charge in [0.25, 0.3) is 0 Å². The van der Waals surface area contributed by atoms with E-state index >= 15 is 0 Å². The number of nitrogens with one attached hydrogen (secondary N) is 1. The van der Waals surface area contributed by atoms with Crippen LogP contribution < -0.4 is 5.32 Å². The van der Waals surface area contributed by atoms with Gasteiger partial charge in [-0.25, -0.2) is 9.18 Å². The molecule has 3 heterocycles. The number of rotatable bonds is 6. The summed E-state index contributed by atoms with van der Waals surface area (Å²) in [4.78, 5) is 14.9. The minimum absolute atomic E-state index is 0.00321. The van der Waals surface area contributed by atoms with E-state index in [9.17, 15) is 9.18 Å². The number of nitrogens with zero attached hydrogens (tertiary/aromatic N) is 2. The van der Waals surface area contributed by atoms with Crippen molar-refractivity contribution in [1.29, 1.82) is 0 Å². The number of anilines is 1. The summed E-state index contributed by atoms with van der Waals surface area (Å²) >= 11 is 13.0. The van der Waals surface area contributed by atoms with Crippen LogP contribution >= 0.6 is 23.2 Å². The molecule has 3 aliphatic rings. The molecule has 3 aromatic rings. The molecule has 2 unspecified atom stereocenters. The molecule has 2 aliphatic heterocycles. The van der Waals surface area contributed by atoms with E-state index in [1.807, 2.05) is 4.90 Å². The Morgan fingerprint density at radius 1 is 1.06 bits per heavy atom. The summed E-state index contributed by atoms with van der Waals surface area (Å²) in [6.07, 6.45) is 5.42. The number of benzene rings is 2. The summed E-state index contributed by atoms with van der Waals surface area (Å²) in [5.74, 6) is 0.767. The van der Waals surface area contributed by atoms with E-state index < -0.39 is 5.82 Å². The predicted octanol–water partition coefficient (Wildman–Crippen LogP) is 7.41. The fourth-order valence-electron chi connectivity index (χ4n) is 5.59. The van der Waals surface area contributed by atoms with Crippen LogP contribution in [0.5, 0.6) is 0 Å². The molecular weight excluding hydrogens is 504 g/mol. The summed E-state index contributed by atoms with van der Waals surface area (Å²) in [6.45, 7) is 0.345. The van der Waals surface area contributed by atoms with Gasteiger partial charge in [0.15, 0.2) is 0 Å². The topological polar surface area (TPSA) is 67.6 Å². The maximum absolute atomic E-state index is 14.0. The molecule has 2 aromatic carbocycles. The molecular formula is C27H26Cl2FN3O3. The van der Waals surface area contributed by atoms with Crippen LogP contribution in [-0.2, 0) is 11.3 Å². The van der Waals surface area contributed by atoms with Crippen LogP contribution in [0.15, 0.2) is 47.0 Å². The SMILES string of the molecule is O=C(Nc1ccccc1F)N1C2CCC1CC(OCc1c(-c3c(Cl)cccc3Cl)noc1C1CC1)C2. The van der Waals surface area contributed by atoms with E-state index in [4.69, 9.17) is 32.5 Å². The second-order valence-corrected chi connectivity index (χ2v) is 10.7. The lowest BCUT2D eigenvalue weighted by atomic mass is 9.99. The molecule has 3 fully saturated rings. The van der Waals surface area contributed by atoms with Gasteiger partial charge in [-0.15, -0.1) is 0 Å². The first-order chi connectivity index (χ1) is 17.5. The Morgan fingerprint density at radius 3 is 2.42 bits per heavy atom. The standard InChI is InChI=1S/C27H26Cl2FN3O3/c28-20-4-3-5-21(29)24(20)25-19(26(36-32-25)15-8-9-15)14-35-18-12-16-10-11-17(13-18)33(16)27(34)31-23-7-2-1-6-22(23)30/h1-7,15-18H,8-14H2,(H,31,34). The van der Waals surface area contributed by atoms with Gasteiger partial charge in [0.05, 0.1) is 28.4 Å². The highest BCUT2D eigenvalue weighted by atomic mass is 35.5. The molecule has 1 aromatic heterocycles. The third-order valence-corrected chi connectivity index (χ3v) is 8.10. The Balaban J connectivity index is 1.16. The quantitative estimate of drug-likeness (QED) is 0.361. The largest absolute Gasteiger partial charge is 0.373 e. The predicted molar refractivity (Wildman–Crippen MR) is 136 cm³/mol. The van der Waals surface area contributed by atoms with Gasteiger partial charge in [0.2, 0.25) is 0 Å². The van der Waals surface area contributed by atoms with Gasteiger partial charge in [-0.2, -0.15) is 0 Å². The number of ether oxygens (including phenoxy) is 1. The molecule has 36 heavy (non-hydrogen) atoms. The van der Waals surface area contributed by atoms with E-state index in [0.29, 0.717) is 33.8 Å². The van der Waals surface area contributed by atoms with Gasteiger partial charge < -0.3 is 19.5 Å². The normalized spacial score (nSPS) is 23.2. The third-order valence-electron chi connectivity index (χ3n) is 7.47. The van der Waals surface area contributed by atoms with Crippen LogP contribution in [0.2, 0.25) is 10.0 Å². The van der Waals surface area contributed by atoms with Gasteiger partial charge in [-0.05, 0) is 62.8 Å². The molecule has 188 valence electrons. The zero-order valence-corrected chi connectivity index (χ0v) is 21.1. The van der Waals surface area contributed by atoms with Gasteiger partial charge in [-0.1, -0.05) is 46.6 Å². The molecule has 2 amide bonds. The molecule has 6 rings (SSSR count). The molecule has 1 N–H and O–H groups in total. The number of hydrogen-bond donors (Lipinski definition) is 1. The summed E-state index contributed by atoms with van der Waals surface area (Å²) in [5.41, 5.74) is 2.40. The van der Waals surface area contributed by atoms with Crippen LogP contribution in [0.1, 0.15) is 55.8 Å². The lowest BCUT2D eigenvalue weighted by Crippen LogP contribution is -2.50. The monoisotopic (exact) mass is 529 g/mol. The van der Waals surface area contributed by atoms with E-state index in [0.717, 1.165) is 49.8 Å². The van der Waals surface area contributed by atoms with Crippen LogP contribution in [0.4, 0.5) is 14.9 Å². The van der Waals surface area contributed by atoms with Gasteiger partial charge in [-0.3, -0.25) is 0 Å².